The van der Waals surface area contributed by atoms with E-state index in [9.17, 15) is 13.0 Å². The largest absolute Gasteiger partial charge is 1.00 e. The third kappa shape index (κ3) is 3.54. The first kappa shape index (κ1) is 19.0. The molecule has 0 bridgehead atoms. The molecular weight excluding hydrogens is 338 g/mol. The van der Waals surface area contributed by atoms with Gasteiger partial charge in [0.25, 0.3) is 0 Å². The fourth-order valence-electron chi connectivity index (χ4n) is 2.59. The van der Waals surface area contributed by atoms with Crippen LogP contribution in [0.2, 0.25) is 0 Å². The molecule has 0 saturated carbocycles. The average Bonchev–Trinajstić information content (AvgIpc) is 3.09. The third-order valence-corrected chi connectivity index (χ3v) is 7.43. The predicted molar refractivity (Wildman–Crippen MR) is 91.1 cm³/mol. The smallest absolute Gasteiger partial charge is 0.744 e. The minimum atomic E-state index is -4.54. The van der Waals surface area contributed by atoms with Gasteiger partial charge < -0.3 is 13.7 Å². The van der Waals surface area contributed by atoms with Crippen molar-refractivity contribution >= 4 is 34.2 Å². The minimum Gasteiger partial charge on any atom is -0.744 e. The van der Waals surface area contributed by atoms with Crippen LogP contribution in [-0.2, 0) is 24.2 Å². The zero-order valence-corrected chi connectivity index (χ0v) is 15.5. The van der Waals surface area contributed by atoms with E-state index in [1.807, 2.05) is 59.9 Å². The van der Waals surface area contributed by atoms with Crippen LogP contribution in [0.5, 0.6) is 0 Å². The fourth-order valence-corrected chi connectivity index (χ4v) is 6.26. The third-order valence-electron chi connectivity index (χ3n) is 3.67. The molecule has 1 aromatic carbocycles. The van der Waals surface area contributed by atoms with Crippen LogP contribution in [0.1, 0.15) is 0 Å². The van der Waals surface area contributed by atoms with Crippen molar-refractivity contribution in [3.8, 4) is 0 Å². The second kappa shape index (κ2) is 7.31. The summed E-state index contributed by atoms with van der Waals surface area (Å²) in [5.74, 6) is 0. The van der Waals surface area contributed by atoms with E-state index in [0.29, 0.717) is 5.30 Å². The Labute approximate surface area is 155 Å². The fraction of sp³-hybridized carbons (Fsp3) is 0.125. The van der Waals surface area contributed by atoms with E-state index in [0.717, 1.165) is 10.9 Å². The molecule has 5 nitrogen and oxygen atoms in total. The van der Waals surface area contributed by atoms with Gasteiger partial charge in [-0.15, -0.1) is 0 Å². The first-order chi connectivity index (χ1) is 10.9. The van der Waals surface area contributed by atoms with Crippen molar-refractivity contribution in [1.82, 2.24) is 9.13 Å². The van der Waals surface area contributed by atoms with E-state index in [1.54, 1.807) is 18.2 Å². The Balaban J connectivity index is 0.00000208. The molecule has 0 radical (unpaired) electrons. The molecule has 0 aliphatic heterocycles. The second-order valence-electron chi connectivity index (χ2n) is 5.21. The first-order valence-electron chi connectivity index (χ1n) is 6.97. The van der Waals surface area contributed by atoms with Gasteiger partial charge >= 0.3 is 18.9 Å². The number of rotatable bonds is 4. The molecule has 0 aliphatic rings. The summed E-state index contributed by atoms with van der Waals surface area (Å²) in [6.07, 6.45) is 3.84. The Bertz CT molecular complexity index is 909. The Morgan fingerprint density at radius 2 is 1.38 bits per heavy atom. The average molecular weight is 354 g/mol. The van der Waals surface area contributed by atoms with Gasteiger partial charge in [0.05, 0.1) is 15.8 Å². The monoisotopic (exact) mass is 354 g/mol. The maximum absolute atomic E-state index is 11.7. The summed E-state index contributed by atoms with van der Waals surface area (Å²) in [6.45, 7) is 0. The number of aryl methyl sites for hydroxylation is 2. The van der Waals surface area contributed by atoms with Crippen LogP contribution in [0, 0.1) is 0 Å². The Hall–Kier alpha value is -1.28. The molecular formula is C16H16LiN2O3PS. The van der Waals surface area contributed by atoms with Crippen LogP contribution < -0.4 is 35.0 Å². The van der Waals surface area contributed by atoms with Gasteiger partial charge in [-0.1, -0.05) is 18.2 Å². The summed E-state index contributed by atoms with van der Waals surface area (Å²) in [7, 11) is -1.85. The molecule has 0 spiro atoms. The van der Waals surface area contributed by atoms with Gasteiger partial charge in [-0.2, -0.15) is 0 Å². The number of aromatic nitrogens is 2. The molecule has 0 unspecified atom stereocenters. The molecule has 24 heavy (non-hydrogen) atoms. The quantitative estimate of drug-likeness (QED) is 0.310. The molecule has 3 aromatic rings. The number of benzene rings is 1. The Kier molecular flexibility index (Phi) is 5.80. The molecule has 120 valence electrons. The van der Waals surface area contributed by atoms with Gasteiger partial charge in [-0.3, -0.25) is 0 Å². The number of hydrogen-bond acceptors (Lipinski definition) is 3. The molecule has 0 N–H and O–H groups in total. The van der Waals surface area contributed by atoms with Crippen LogP contribution >= 0.6 is 7.92 Å². The van der Waals surface area contributed by atoms with Crippen molar-refractivity contribution < 1.29 is 31.8 Å². The Morgan fingerprint density at radius 1 is 0.875 bits per heavy atom. The van der Waals surface area contributed by atoms with Crippen LogP contribution in [0.3, 0.4) is 0 Å². The number of nitrogens with zero attached hydrogens (tertiary/aromatic N) is 2. The standard InChI is InChI=1S/C16H17N2O3PS.Li/c1-17-11-5-9-15(17)22(16-10-6-12-18(16)2)13-7-3-4-8-14(13)23(19,20)21;/h3-12H,1-2H3,(H,19,20,21);/q;+1/p-1. The van der Waals surface area contributed by atoms with Crippen LogP contribution in [-0.4, -0.2) is 22.1 Å². The minimum absolute atomic E-state index is 0. The van der Waals surface area contributed by atoms with Crippen molar-refractivity contribution in [3.63, 3.8) is 0 Å². The van der Waals surface area contributed by atoms with Crippen molar-refractivity contribution in [2.45, 2.75) is 4.90 Å². The van der Waals surface area contributed by atoms with Crippen LogP contribution in [0.4, 0.5) is 0 Å². The van der Waals surface area contributed by atoms with E-state index in [1.165, 1.54) is 6.07 Å². The Morgan fingerprint density at radius 3 is 1.79 bits per heavy atom. The summed E-state index contributed by atoms with van der Waals surface area (Å²) in [5.41, 5.74) is 1.97. The van der Waals surface area contributed by atoms with Crippen LogP contribution in [0.25, 0.3) is 0 Å². The maximum atomic E-state index is 11.7. The maximum Gasteiger partial charge on any atom is 1.00 e. The first-order valence-corrected chi connectivity index (χ1v) is 9.72. The van der Waals surface area contributed by atoms with Crippen molar-refractivity contribution in [3.05, 3.63) is 60.9 Å². The molecule has 0 fully saturated rings. The molecule has 2 aromatic heterocycles. The van der Waals surface area contributed by atoms with Gasteiger partial charge in [0.2, 0.25) is 0 Å². The van der Waals surface area contributed by atoms with Crippen LogP contribution in [0.15, 0.2) is 65.8 Å². The molecule has 0 saturated heterocycles. The summed E-state index contributed by atoms with van der Waals surface area (Å²) in [6, 6.07) is 14.2. The molecule has 0 aliphatic carbocycles. The van der Waals surface area contributed by atoms with E-state index in [2.05, 4.69) is 0 Å². The summed E-state index contributed by atoms with van der Waals surface area (Å²) in [4.78, 5) is -0.145. The van der Waals surface area contributed by atoms with Crippen molar-refractivity contribution in [2.24, 2.45) is 14.1 Å². The summed E-state index contributed by atoms with van der Waals surface area (Å²) in [5, 5.41) is 0.557. The SMILES string of the molecule is Cn1cccc1P(c1ccccc1S(=O)(=O)[O-])c1cccn1C.[Li+]. The predicted octanol–water partition coefficient (Wildman–Crippen LogP) is -1.97. The van der Waals surface area contributed by atoms with E-state index >= 15 is 0 Å². The van der Waals surface area contributed by atoms with Crippen molar-refractivity contribution in [2.75, 3.05) is 0 Å². The van der Waals surface area contributed by atoms with Crippen molar-refractivity contribution in [1.29, 1.82) is 0 Å². The van der Waals surface area contributed by atoms with Gasteiger partial charge in [0.1, 0.15) is 10.1 Å². The zero-order valence-electron chi connectivity index (χ0n) is 13.7. The van der Waals surface area contributed by atoms with Gasteiger partial charge in [-0.05, 0) is 30.3 Å². The van der Waals surface area contributed by atoms with Gasteiger partial charge in [-0.25, -0.2) is 8.42 Å². The van der Waals surface area contributed by atoms with E-state index in [4.69, 9.17) is 0 Å². The zero-order chi connectivity index (χ0) is 16.6. The molecule has 0 amide bonds. The molecule has 2 heterocycles. The molecule has 3 rings (SSSR count). The topological polar surface area (TPSA) is 67.1 Å². The van der Waals surface area contributed by atoms with E-state index in [-0.39, 0.29) is 23.8 Å². The normalized spacial score (nSPS) is 11.5. The second-order valence-corrected chi connectivity index (χ2v) is 8.63. The van der Waals surface area contributed by atoms with Gasteiger partial charge in [0.15, 0.2) is 0 Å². The number of hydrogen-bond donors (Lipinski definition) is 0. The molecule has 8 heteroatoms. The summed E-state index contributed by atoms with van der Waals surface area (Å²) >= 11 is 0. The van der Waals surface area contributed by atoms with Gasteiger partial charge in [0, 0.05) is 39.7 Å². The summed E-state index contributed by atoms with van der Waals surface area (Å²) < 4.78 is 39.1. The molecule has 0 atom stereocenters. The van der Waals surface area contributed by atoms with E-state index < -0.39 is 18.0 Å².